The van der Waals surface area contributed by atoms with E-state index in [0.717, 1.165) is 43.7 Å². The third kappa shape index (κ3) is 3.83. The van der Waals surface area contributed by atoms with Gasteiger partial charge in [0.05, 0.1) is 17.9 Å². The molecule has 0 aliphatic carbocycles. The molecule has 6 aromatic carbocycles. The minimum Gasteiger partial charge on any atom is -0.456 e. The van der Waals surface area contributed by atoms with Crippen molar-refractivity contribution in [2.24, 2.45) is 0 Å². The van der Waals surface area contributed by atoms with Gasteiger partial charge in [-0.25, -0.2) is 4.98 Å². The molecular formula is C39H24N4O. The van der Waals surface area contributed by atoms with Gasteiger partial charge in [0.2, 0.25) is 5.95 Å². The number of nitrogens with zero attached hydrogens (tertiary/aromatic N) is 4. The highest BCUT2D eigenvalue weighted by Crippen LogP contribution is 2.38. The molecule has 44 heavy (non-hydrogen) atoms. The van der Waals surface area contributed by atoms with E-state index in [1.54, 1.807) is 12.1 Å². The first-order valence-electron chi connectivity index (χ1n) is 16.7. The van der Waals surface area contributed by atoms with E-state index in [-0.39, 0.29) is 29.7 Å². The van der Waals surface area contributed by atoms with Crippen LogP contribution >= 0.6 is 0 Å². The Hall–Kier alpha value is -6.07. The number of para-hydroxylation sites is 2. The molecule has 0 saturated heterocycles. The average molecular weight is 570 g/mol. The average Bonchev–Trinajstić information content (AvgIpc) is 3.69. The van der Waals surface area contributed by atoms with Crippen LogP contribution < -0.4 is 0 Å². The quantitative estimate of drug-likeness (QED) is 0.212. The number of benzene rings is 6. The van der Waals surface area contributed by atoms with Gasteiger partial charge in [-0.2, -0.15) is 9.97 Å². The van der Waals surface area contributed by atoms with Crippen molar-refractivity contribution in [1.82, 2.24) is 19.5 Å². The summed E-state index contributed by atoms with van der Waals surface area (Å²) in [5, 5.41) is 3.77. The number of hydrogen-bond donors (Lipinski definition) is 0. The number of hydrogen-bond acceptors (Lipinski definition) is 4. The maximum Gasteiger partial charge on any atom is 0.238 e. The molecule has 0 amide bonds. The zero-order valence-corrected chi connectivity index (χ0v) is 23.2. The summed E-state index contributed by atoms with van der Waals surface area (Å²) in [7, 11) is 0. The number of rotatable bonds is 4. The number of furan rings is 1. The summed E-state index contributed by atoms with van der Waals surface area (Å²) < 4.78 is 49.6. The highest BCUT2D eigenvalue weighted by molar-refractivity contribution is 6.12. The standard InChI is InChI=1S/C39H24N4O/c1-3-12-25(13-4-1)27-22-23-30-35(24-27)44-34-21-11-18-31(36(30)34)38-40-37(26-14-5-2-6-15-26)41-39(42-38)43-32-19-9-7-16-28(32)29-17-8-10-20-33(29)43/h1-24H/i1D,3D,4D,12D,13D. The molecule has 0 aliphatic rings. The van der Waals surface area contributed by atoms with E-state index >= 15 is 0 Å². The van der Waals surface area contributed by atoms with Crippen molar-refractivity contribution < 1.29 is 11.3 Å². The highest BCUT2D eigenvalue weighted by atomic mass is 16.3. The lowest BCUT2D eigenvalue weighted by molar-refractivity contribution is 0.669. The Morgan fingerprint density at radius 2 is 1.23 bits per heavy atom. The van der Waals surface area contributed by atoms with Crippen molar-refractivity contribution in [2.45, 2.75) is 0 Å². The van der Waals surface area contributed by atoms with Crippen LogP contribution in [0.2, 0.25) is 0 Å². The van der Waals surface area contributed by atoms with E-state index in [4.69, 9.17) is 26.2 Å². The summed E-state index contributed by atoms with van der Waals surface area (Å²) in [4.78, 5) is 15.1. The highest BCUT2D eigenvalue weighted by Gasteiger charge is 2.20. The molecule has 0 fully saturated rings. The first-order chi connectivity index (χ1) is 23.9. The van der Waals surface area contributed by atoms with Crippen molar-refractivity contribution in [3.63, 3.8) is 0 Å². The summed E-state index contributed by atoms with van der Waals surface area (Å²) in [6.45, 7) is 0. The summed E-state index contributed by atoms with van der Waals surface area (Å²) >= 11 is 0. The lowest BCUT2D eigenvalue weighted by atomic mass is 10.0. The molecule has 0 spiro atoms. The summed E-state index contributed by atoms with van der Waals surface area (Å²) in [6, 6.07) is 35.6. The van der Waals surface area contributed by atoms with Crippen LogP contribution in [0.5, 0.6) is 0 Å². The molecule has 5 nitrogen and oxygen atoms in total. The maximum absolute atomic E-state index is 8.48. The first kappa shape index (κ1) is 19.9. The third-order valence-electron chi connectivity index (χ3n) is 7.96. The largest absolute Gasteiger partial charge is 0.456 e. The molecule has 0 radical (unpaired) electrons. The minimum atomic E-state index is -0.430. The van der Waals surface area contributed by atoms with Crippen LogP contribution in [-0.2, 0) is 0 Å². The number of fused-ring (bicyclic) bond motifs is 6. The Balaban J connectivity index is 1.30. The van der Waals surface area contributed by atoms with Crippen molar-refractivity contribution in [3.8, 4) is 39.9 Å². The molecule has 0 aliphatic heterocycles. The minimum absolute atomic E-state index is 0.120. The van der Waals surface area contributed by atoms with Gasteiger partial charge >= 0.3 is 0 Å². The van der Waals surface area contributed by atoms with Crippen LogP contribution in [0.15, 0.2) is 150 Å². The Morgan fingerprint density at radius 3 is 2.00 bits per heavy atom. The molecule has 9 rings (SSSR count). The van der Waals surface area contributed by atoms with Gasteiger partial charge in [0, 0.05) is 32.7 Å². The molecule has 5 heteroatoms. The maximum atomic E-state index is 8.48. The van der Waals surface area contributed by atoms with Crippen LogP contribution in [0.4, 0.5) is 0 Å². The Morgan fingerprint density at radius 1 is 0.523 bits per heavy atom. The van der Waals surface area contributed by atoms with Crippen LogP contribution in [0.1, 0.15) is 6.85 Å². The van der Waals surface area contributed by atoms with Crippen molar-refractivity contribution in [1.29, 1.82) is 0 Å². The van der Waals surface area contributed by atoms with Gasteiger partial charge in [-0.1, -0.05) is 115 Å². The van der Waals surface area contributed by atoms with E-state index in [1.807, 2.05) is 78.9 Å². The molecule has 206 valence electrons. The second-order valence-electron chi connectivity index (χ2n) is 10.5. The molecule has 9 aromatic rings. The Labute approximate surface area is 259 Å². The lowest BCUT2D eigenvalue weighted by Crippen LogP contribution is -2.06. The van der Waals surface area contributed by atoms with Crippen molar-refractivity contribution in [2.75, 3.05) is 0 Å². The Bertz CT molecular complexity index is 2710. The predicted octanol–water partition coefficient (Wildman–Crippen LogP) is 9.87. The molecule has 3 aromatic heterocycles. The van der Waals surface area contributed by atoms with Gasteiger partial charge in [0.15, 0.2) is 11.6 Å². The molecule has 0 saturated carbocycles. The molecule has 3 heterocycles. The van der Waals surface area contributed by atoms with Crippen molar-refractivity contribution in [3.05, 3.63) is 145 Å². The van der Waals surface area contributed by atoms with Gasteiger partial charge in [0.1, 0.15) is 11.2 Å². The molecule has 0 unspecified atom stereocenters. The van der Waals surface area contributed by atoms with E-state index in [1.165, 1.54) is 0 Å². The molecule has 0 N–H and O–H groups in total. The fourth-order valence-electron chi connectivity index (χ4n) is 6.00. The van der Waals surface area contributed by atoms with Crippen LogP contribution in [0.25, 0.3) is 83.6 Å². The second kappa shape index (κ2) is 9.75. The normalized spacial score (nSPS) is 13.2. The first-order valence-corrected chi connectivity index (χ1v) is 14.2. The van der Waals surface area contributed by atoms with Gasteiger partial charge in [-0.3, -0.25) is 4.57 Å². The van der Waals surface area contributed by atoms with Crippen molar-refractivity contribution >= 4 is 43.7 Å². The summed E-state index contributed by atoms with van der Waals surface area (Å²) in [5.74, 6) is 1.47. The van der Waals surface area contributed by atoms with Gasteiger partial charge in [-0.15, -0.1) is 0 Å². The van der Waals surface area contributed by atoms with Gasteiger partial charge < -0.3 is 4.42 Å². The smallest absolute Gasteiger partial charge is 0.238 e. The fraction of sp³-hybridized carbons (Fsp3) is 0. The van der Waals surface area contributed by atoms with Gasteiger partial charge in [-0.05, 0) is 41.5 Å². The predicted molar refractivity (Wildman–Crippen MR) is 178 cm³/mol. The monoisotopic (exact) mass is 569 g/mol. The zero-order valence-electron chi connectivity index (χ0n) is 28.2. The van der Waals surface area contributed by atoms with Gasteiger partial charge in [0.25, 0.3) is 0 Å². The SMILES string of the molecule is [2H]c1c([2H])c([2H])c(-c2ccc3c(c2)oc2cccc(-c4nc(-c5ccccc5)nc(-n5c6ccccc6c6ccccc65)n4)c23)c([2H])c1[2H]. The van der Waals surface area contributed by atoms with Crippen LogP contribution in [0.3, 0.4) is 0 Å². The second-order valence-corrected chi connectivity index (χ2v) is 10.5. The zero-order chi connectivity index (χ0) is 33.4. The third-order valence-corrected chi connectivity index (χ3v) is 7.96. The van der Waals surface area contributed by atoms with E-state index in [0.29, 0.717) is 34.3 Å². The topological polar surface area (TPSA) is 56.7 Å². The van der Waals surface area contributed by atoms with E-state index in [2.05, 4.69) is 28.8 Å². The van der Waals surface area contributed by atoms with E-state index < -0.39 is 6.04 Å². The Kier molecular flexibility index (Phi) is 4.42. The summed E-state index contributed by atoms with van der Waals surface area (Å²) in [5.41, 5.74) is 5.24. The van der Waals surface area contributed by atoms with Crippen LogP contribution in [-0.4, -0.2) is 19.5 Å². The fourth-order valence-corrected chi connectivity index (χ4v) is 6.00. The molecular weight excluding hydrogens is 540 g/mol. The van der Waals surface area contributed by atoms with Crippen LogP contribution in [0, 0.1) is 0 Å². The summed E-state index contributed by atoms with van der Waals surface area (Å²) in [6.07, 6.45) is 0. The molecule has 0 bridgehead atoms. The number of aromatic nitrogens is 4. The molecule has 0 atom stereocenters. The lowest BCUT2D eigenvalue weighted by Gasteiger charge is -2.11. The van der Waals surface area contributed by atoms with E-state index in [9.17, 15) is 0 Å².